The Balaban J connectivity index is 1.03. The Morgan fingerprint density at radius 2 is 1.69 bits per heavy atom. The molecule has 0 saturated carbocycles. The van der Waals surface area contributed by atoms with Crippen LogP contribution in [-0.4, -0.2) is 66.9 Å². The van der Waals surface area contributed by atoms with Crippen molar-refractivity contribution in [1.82, 2.24) is 15.1 Å². The van der Waals surface area contributed by atoms with Gasteiger partial charge in [0, 0.05) is 36.9 Å². The van der Waals surface area contributed by atoms with E-state index in [1.54, 1.807) is 31.2 Å². The fourth-order valence-corrected chi connectivity index (χ4v) is 6.49. The Hall–Kier alpha value is -2.70. The van der Waals surface area contributed by atoms with Gasteiger partial charge in [-0.15, -0.1) is 0 Å². The van der Waals surface area contributed by atoms with E-state index >= 15 is 0 Å². The number of likely N-dealkylation sites (tertiary alicyclic amines) is 1. The Morgan fingerprint density at radius 1 is 0.944 bits per heavy atom. The first kappa shape index (κ1) is 25.0. The molecule has 2 N–H and O–H groups in total. The maximum absolute atomic E-state index is 12.4. The normalized spacial score (nSPS) is 26.5. The van der Waals surface area contributed by atoms with Gasteiger partial charge in [-0.2, -0.15) is 0 Å². The van der Waals surface area contributed by atoms with Crippen molar-refractivity contribution in [1.29, 1.82) is 0 Å². The summed E-state index contributed by atoms with van der Waals surface area (Å²) in [6, 6.07) is 18.2. The van der Waals surface area contributed by atoms with Crippen LogP contribution in [0.5, 0.6) is 0 Å². The number of hydrogen-bond acceptors (Lipinski definition) is 4. The molecule has 2 aromatic rings. The van der Waals surface area contributed by atoms with Gasteiger partial charge in [-0.1, -0.05) is 30.3 Å². The molecule has 4 fully saturated rings. The fourth-order valence-electron chi connectivity index (χ4n) is 6.49. The molecular formula is C30H40N4O2. The summed E-state index contributed by atoms with van der Waals surface area (Å²) in [5.41, 5.74) is 2.83. The number of amides is 2. The molecule has 6 rings (SSSR count). The average molecular weight is 489 g/mol. The van der Waals surface area contributed by atoms with Gasteiger partial charge >= 0.3 is 6.03 Å². The standard InChI is InChI=1S/C30H40N4O2/c1-22(35)25-7-9-28(10-8-25)32-30(36)31-19-29-18-26-13-16-34(29)21-27(26)20-33-14-11-24(12-15-33)17-23-5-3-2-4-6-23/h2-10,24,26-27,29H,11-21H2,1H3,(H2,31,32,36)/t26-,27-,29+/m0/s1. The lowest BCUT2D eigenvalue weighted by molar-refractivity contribution is -0.0145. The maximum atomic E-state index is 12.4. The van der Waals surface area contributed by atoms with Crippen molar-refractivity contribution in [3.63, 3.8) is 0 Å². The lowest BCUT2D eigenvalue weighted by Gasteiger charge is -2.51. The number of rotatable bonds is 8. The van der Waals surface area contributed by atoms with Gasteiger partial charge in [0.1, 0.15) is 0 Å². The van der Waals surface area contributed by atoms with E-state index in [-0.39, 0.29) is 11.8 Å². The summed E-state index contributed by atoms with van der Waals surface area (Å²) in [5.74, 6) is 2.38. The molecule has 6 nitrogen and oxygen atoms in total. The van der Waals surface area contributed by atoms with Crippen LogP contribution in [0.1, 0.15) is 48.5 Å². The highest BCUT2D eigenvalue weighted by Gasteiger charge is 2.40. The van der Waals surface area contributed by atoms with Crippen LogP contribution in [0.25, 0.3) is 0 Å². The number of piperidine rings is 4. The van der Waals surface area contributed by atoms with Crippen LogP contribution in [-0.2, 0) is 6.42 Å². The van der Waals surface area contributed by atoms with Gasteiger partial charge in [0.2, 0.25) is 0 Å². The molecule has 36 heavy (non-hydrogen) atoms. The highest BCUT2D eigenvalue weighted by molar-refractivity contribution is 5.95. The van der Waals surface area contributed by atoms with Crippen LogP contribution in [0.15, 0.2) is 54.6 Å². The van der Waals surface area contributed by atoms with Crippen molar-refractivity contribution >= 4 is 17.5 Å². The lowest BCUT2D eigenvalue weighted by Crippen LogP contribution is -2.59. The van der Waals surface area contributed by atoms with E-state index in [1.165, 1.54) is 57.3 Å². The molecule has 0 aromatic heterocycles. The van der Waals surface area contributed by atoms with Crippen molar-refractivity contribution in [2.45, 2.75) is 45.1 Å². The number of hydrogen-bond donors (Lipinski definition) is 2. The van der Waals surface area contributed by atoms with Gasteiger partial charge in [0.05, 0.1) is 0 Å². The number of anilines is 1. The minimum Gasteiger partial charge on any atom is -0.336 e. The summed E-state index contributed by atoms with van der Waals surface area (Å²) < 4.78 is 0. The minimum absolute atomic E-state index is 0.0262. The smallest absolute Gasteiger partial charge is 0.319 e. The number of benzene rings is 2. The maximum Gasteiger partial charge on any atom is 0.319 e. The molecule has 4 heterocycles. The Kier molecular flexibility index (Phi) is 8.02. The molecule has 0 radical (unpaired) electrons. The second-order valence-corrected chi connectivity index (χ2v) is 11.1. The second-order valence-electron chi connectivity index (χ2n) is 11.1. The summed E-state index contributed by atoms with van der Waals surface area (Å²) in [5, 5.41) is 5.96. The third-order valence-corrected chi connectivity index (χ3v) is 8.63. The van der Waals surface area contributed by atoms with Crippen LogP contribution in [0.2, 0.25) is 0 Å². The molecule has 4 atom stereocenters. The summed E-state index contributed by atoms with van der Waals surface area (Å²) in [6.07, 6.45) is 6.33. The summed E-state index contributed by atoms with van der Waals surface area (Å²) in [6.45, 7) is 8.25. The van der Waals surface area contributed by atoms with Crippen molar-refractivity contribution in [3.8, 4) is 0 Å². The zero-order valence-corrected chi connectivity index (χ0v) is 21.5. The molecule has 0 aliphatic carbocycles. The third kappa shape index (κ3) is 6.34. The molecule has 2 bridgehead atoms. The molecule has 0 spiro atoms. The van der Waals surface area contributed by atoms with Crippen molar-refractivity contribution in [2.75, 3.05) is 44.6 Å². The average Bonchev–Trinajstić information content (AvgIpc) is 2.90. The number of carbonyl (C=O) groups excluding carboxylic acids is 2. The van der Waals surface area contributed by atoms with Crippen molar-refractivity contribution < 1.29 is 9.59 Å². The van der Waals surface area contributed by atoms with E-state index in [2.05, 4.69) is 50.8 Å². The van der Waals surface area contributed by atoms with E-state index in [0.29, 0.717) is 23.8 Å². The molecule has 192 valence electrons. The van der Waals surface area contributed by atoms with E-state index < -0.39 is 0 Å². The SMILES string of the molecule is CC(=O)c1ccc(NC(=O)NC[C@H]2C[C@@H]3CCN2C[C@@H]3CN2CCC(Cc3ccccc3)CC2)cc1. The van der Waals surface area contributed by atoms with E-state index in [1.807, 2.05) is 0 Å². The van der Waals surface area contributed by atoms with Gasteiger partial charge in [0.15, 0.2) is 5.78 Å². The number of ketones is 1. The molecule has 2 aromatic carbocycles. The predicted octanol–water partition coefficient (Wildman–Crippen LogP) is 4.68. The third-order valence-electron chi connectivity index (χ3n) is 8.63. The molecular weight excluding hydrogens is 448 g/mol. The fraction of sp³-hybridized carbons (Fsp3) is 0.533. The first-order chi connectivity index (χ1) is 17.5. The largest absolute Gasteiger partial charge is 0.336 e. The Labute approximate surface area is 215 Å². The molecule has 4 saturated heterocycles. The Bertz CT molecular complexity index is 1020. The van der Waals surface area contributed by atoms with Gasteiger partial charge in [-0.3, -0.25) is 9.69 Å². The van der Waals surface area contributed by atoms with E-state index in [0.717, 1.165) is 30.8 Å². The molecule has 1 unspecified atom stereocenters. The number of nitrogens with zero attached hydrogens (tertiary/aromatic N) is 2. The van der Waals surface area contributed by atoms with Gasteiger partial charge in [-0.05, 0) is 106 Å². The van der Waals surface area contributed by atoms with Crippen LogP contribution in [0.4, 0.5) is 10.5 Å². The summed E-state index contributed by atoms with van der Waals surface area (Å²) in [7, 11) is 0. The monoisotopic (exact) mass is 488 g/mol. The number of urea groups is 1. The topological polar surface area (TPSA) is 64.7 Å². The van der Waals surface area contributed by atoms with Gasteiger partial charge in [0.25, 0.3) is 0 Å². The van der Waals surface area contributed by atoms with Crippen molar-refractivity contribution in [2.24, 2.45) is 17.8 Å². The van der Waals surface area contributed by atoms with Crippen molar-refractivity contribution in [3.05, 3.63) is 65.7 Å². The zero-order valence-electron chi connectivity index (χ0n) is 21.5. The number of Topliss-reactive ketones (excluding diaryl/α,β-unsaturated/α-hetero) is 1. The van der Waals surface area contributed by atoms with Crippen LogP contribution < -0.4 is 10.6 Å². The van der Waals surface area contributed by atoms with E-state index in [9.17, 15) is 9.59 Å². The number of fused-ring (bicyclic) bond motifs is 3. The summed E-state index contributed by atoms with van der Waals surface area (Å²) in [4.78, 5) is 29.2. The number of nitrogens with one attached hydrogen (secondary N) is 2. The molecule has 2 amide bonds. The first-order valence-electron chi connectivity index (χ1n) is 13.7. The molecule has 4 aliphatic rings. The van der Waals surface area contributed by atoms with Crippen LogP contribution >= 0.6 is 0 Å². The first-order valence-corrected chi connectivity index (χ1v) is 13.7. The summed E-state index contributed by atoms with van der Waals surface area (Å²) >= 11 is 0. The van der Waals surface area contributed by atoms with Gasteiger partial charge in [-0.25, -0.2) is 4.79 Å². The Morgan fingerprint density at radius 3 is 2.36 bits per heavy atom. The van der Waals surface area contributed by atoms with Crippen LogP contribution in [0.3, 0.4) is 0 Å². The highest BCUT2D eigenvalue weighted by atomic mass is 16.2. The minimum atomic E-state index is -0.178. The highest BCUT2D eigenvalue weighted by Crippen LogP contribution is 2.37. The quantitative estimate of drug-likeness (QED) is 0.530. The van der Waals surface area contributed by atoms with E-state index in [4.69, 9.17) is 0 Å². The molecule has 6 heteroatoms. The van der Waals surface area contributed by atoms with Crippen LogP contribution in [0, 0.1) is 17.8 Å². The predicted molar refractivity (Wildman–Crippen MR) is 144 cm³/mol. The van der Waals surface area contributed by atoms with Gasteiger partial charge < -0.3 is 15.5 Å². The lowest BCUT2D eigenvalue weighted by atomic mass is 9.75. The zero-order chi connectivity index (χ0) is 24.9. The second kappa shape index (κ2) is 11.6. The molecule has 4 aliphatic heterocycles. The number of carbonyl (C=O) groups is 2.